The van der Waals surface area contributed by atoms with Crippen molar-refractivity contribution < 1.29 is 0 Å². The number of rotatable bonds is 7. The minimum atomic E-state index is 0.648. The fourth-order valence-electron chi connectivity index (χ4n) is 4.07. The van der Waals surface area contributed by atoms with E-state index in [0.717, 1.165) is 42.5 Å². The smallest absolute Gasteiger partial charge is 0.194 e. The number of aromatic nitrogens is 3. The first-order chi connectivity index (χ1) is 12.7. The summed E-state index contributed by atoms with van der Waals surface area (Å²) < 4.78 is 2.25. The van der Waals surface area contributed by atoms with E-state index < -0.39 is 0 Å². The predicted molar refractivity (Wildman–Crippen MR) is 106 cm³/mol. The average molecular weight is 370 g/mol. The SMILES string of the molecule is CCN1CCCC1CN(Cc1ccccn1)Cc1c(C)nc2sccn12. The lowest BCUT2D eigenvalue weighted by Gasteiger charge is -2.30. The molecule has 0 bridgehead atoms. The number of aryl methyl sites for hydroxylation is 1. The molecule has 4 rings (SSSR count). The van der Waals surface area contributed by atoms with Crippen LogP contribution in [0.25, 0.3) is 4.96 Å². The van der Waals surface area contributed by atoms with Crippen molar-refractivity contribution in [3.8, 4) is 0 Å². The minimum absolute atomic E-state index is 0.648. The Morgan fingerprint density at radius 3 is 3.04 bits per heavy atom. The van der Waals surface area contributed by atoms with Gasteiger partial charge in [0.05, 0.1) is 17.1 Å². The standard InChI is InChI=1S/C20H27N5S/c1-3-24-10-6-8-18(24)14-23(13-17-7-4-5-9-21-17)15-19-16(2)22-20-25(19)11-12-26-20/h4-5,7,9,11-12,18H,3,6,8,10,13-15H2,1-2H3. The molecule has 5 nitrogen and oxygen atoms in total. The Kier molecular flexibility index (Phi) is 5.33. The molecule has 26 heavy (non-hydrogen) atoms. The van der Waals surface area contributed by atoms with Crippen LogP contribution in [0.2, 0.25) is 0 Å². The summed E-state index contributed by atoms with van der Waals surface area (Å²) in [5.41, 5.74) is 3.58. The van der Waals surface area contributed by atoms with Gasteiger partial charge < -0.3 is 0 Å². The van der Waals surface area contributed by atoms with Crippen molar-refractivity contribution >= 4 is 16.3 Å². The molecule has 6 heteroatoms. The summed E-state index contributed by atoms with van der Waals surface area (Å²) in [6, 6.07) is 6.84. The predicted octanol–water partition coefficient (Wildman–Crippen LogP) is 3.59. The quantitative estimate of drug-likeness (QED) is 0.638. The molecule has 0 spiro atoms. The first-order valence-electron chi connectivity index (χ1n) is 9.52. The second-order valence-corrected chi connectivity index (χ2v) is 7.99. The molecule has 3 aromatic rings. The summed E-state index contributed by atoms with van der Waals surface area (Å²) in [4.78, 5) is 15.5. The molecular weight excluding hydrogens is 342 g/mol. The maximum absolute atomic E-state index is 4.72. The van der Waals surface area contributed by atoms with Crippen molar-refractivity contribution in [3.63, 3.8) is 0 Å². The lowest BCUT2D eigenvalue weighted by molar-refractivity contribution is 0.163. The zero-order valence-electron chi connectivity index (χ0n) is 15.6. The molecule has 138 valence electrons. The highest BCUT2D eigenvalue weighted by Crippen LogP contribution is 2.22. The minimum Gasteiger partial charge on any atom is -0.299 e. The number of hydrogen-bond donors (Lipinski definition) is 0. The molecule has 1 atom stereocenters. The van der Waals surface area contributed by atoms with Gasteiger partial charge in [-0.1, -0.05) is 13.0 Å². The molecule has 0 amide bonds. The zero-order valence-corrected chi connectivity index (χ0v) is 16.5. The number of nitrogens with zero attached hydrogens (tertiary/aromatic N) is 5. The Bertz CT molecular complexity index is 840. The van der Waals surface area contributed by atoms with E-state index in [1.54, 1.807) is 11.3 Å². The van der Waals surface area contributed by atoms with Gasteiger partial charge in [0.25, 0.3) is 0 Å². The fourth-order valence-corrected chi connectivity index (χ4v) is 4.84. The van der Waals surface area contributed by atoms with Gasteiger partial charge in [0.2, 0.25) is 0 Å². The number of thiazole rings is 1. The molecule has 1 aliphatic rings. The van der Waals surface area contributed by atoms with E-state index in [1.807, 2.05) is 12.3 Å². The first-order valence-corrected chi connectivity index (χ1v) is 10.4. The monoisotopic (exact) mass is 369 g/mol. The third-order valence-electron chi connectivity index (χ3n) is 5.42. The van der Waals surface area contributed by atoms with E-state index in [0.29, 0.717) is 6.04 Å². The Hall–Kier alpha value is -1.76. The normalized spacial score (nSPS) is 18.3. The van der Waals surface area contributed by atoms with Gasteiger partial charge in [-0.3, -0.25) is 19.2 Å². The second-order valence-electron chi connectivity index (χ2n) is 7.11. The molecule has 0 aromatic carbocycles. The Morgan fingerprint density at radius 2 is 2.23 bits per heavy atom. The lowest BCUT2D eigenvalue weighted by Crippen LogP contribution is -2.40. The van der Waals surface area contributed by atoms with Crippen LogP contribution in [0.15, 0.2) is 36.0 Å². The zero-order chi connectivity index (χ0) is 17.9. The van der Waals surface area contributed by atoms with E-state index in [4.69, 9.17) is 4.98 Å². The highest BCUT2D eigenvalue weighted by atomic mass is 32.1. The maximum atomic E-state index is 4.72. The molecule has 0 aliphatic carbocycles. The van der Waals surface area contributed by atoms with E-state index in [2.05, 4.69) is 56.7 Å². The average Bonchev–Trinajstić information content (AvgIpc) is 3.34. The van der Waals surface area contributed by atoms with Gasteiger partial charge >= 0.3 is 0 Å². The maximum Gasteiger partial charge on any atom is 0.194 e. The van der Waals surface area contributed by atoms with Gasteiger partial charge in [-0.2, -0.15) is 0 Å². The van der Waals surface area contributed by atoms with Gasteiger partial charge in [-0.05, 0) is 45.0 Å². The number of fused-ring (bicyclic) bond motifs is 1. The van der Waals surface area contributed by atoms with Crippen LogP contribution in [0.4, 0.5) is 0 Å². The Morgan fingerprint density at radius 1 is 1.31 bits per heavy atom. The number of hydrogen-bond acceptors (Lipinski definition) is 5. The first kappa shape index (κ1) is 17.6. The van der Waals surface area contributed by atoms with E-state index in [9.17, 15) is 0 Å². The van der Waals surface area contributed by atoms with Gasteiger partial charge in [0.1, 0.15) is 0 Å². The molecule has 0 N–H and O–H groups in total. The van der Waals surface area contributed by atoms with Crippen LogP contribution >= 0.6 is 11.3 Å². The molecule has 0 radical (unpaired) electrons. The molecule has 0 saturated carbocycles. The molecule has 3 aromatic heterocycles. The summed E-state index contributed by atoms with van der Waals surface area (Å²) >= 11 is 1.70. The third kappa shape index (κ3) is 3.68. The molecule has 1 saturated heterocycles. The summed E-state index contributed by atoms with van der Waals surface area (Å²) in [6.45, 7) is 9.66. The number of likely N-dealkylation sites (N-methyl/N-ethyl adjacent to an activating group) is 1. The Balaban J connectivity index is 1.57. The molecule has 1 unspecified atom stereocenters. The van der Waals surface area contributed by atoms with Gasteiger partial charge in [-0.25, -0.2) is 4.98 Å². The Labute approximate surface area is 159 Å². The number of pyridine rings is 1. The van der Waals surface area contributed by atoms with Crippen LogP contribution in [0.3, 0.4) is 0 Å². The van der Waals surface area contributed by atoms with E-state index >= 15 is 0 Å². The van der Waals surface area contributed by atoms with Crippen LogP contribution < -0.4 is 0 Å². The van der Waals surface area contributed by atoms with Crippen molar-refractivity contribution in [3.05, 3.63) is 53.1 Å². The van der Waals surface area contributed by atoms with Crippen molar-refractivity contribution in [2.45, 2.75) is 45.8 Å². The lowest BCUT2D eigenvalue weighted by atomic mass is 10.2. The summed E-state index contributed by atoms with van der Waals surface area (Å²) in [7, 11) is 0. The second kappa shape index (κ2) is 7.86. The van der Waals surface area contributed by atoms with Gasteiger partial charge in [0, 0.05) is 43.4 Å². The van der Waals surface area contributed by atoms with Gasteiger partial charge in [-0.15, -0.1) is 11.3 Å². The van der Waals surface area contributed by atoms with Crippen LogP contribution in [-0.2, 0) is 13.1 Å². The molecular formula is C20H27N5S. The highest BCUT2D eigenvalue weighted by Gasteiger charge is 2.26. The largest absolute Gasteiger partial charge is 0.299 e. The van der Waals surface area contributed by atoms with Crippen molar-refractivity contribution in [1.29, 1.82) is 0 Å². The fraction of sp³-hybridized carbons (Fsp3) is 0.500. The summed E-state index contributed by atoms with van der Waals surface area (Å²) in [6.07, 6.45) is 6.65. The van der Waals surface area contributed by atoms with Crippen LogP contribution in [0.1, 0.15) is 36.8 Å². The third-order valence-corrected chi connectivity index (χ3v) is 6.18. The van der Waals surface area contributed by atoms with Crippen LogP contribution in [0, 0.1) is 6.92 Å². The van der Waals surface area contributed by atoms with Gasteiger partial charge in [0.15, 0.2) is 4.96 Å². The van der Waals surface area contributed by atoms with E-state index in [-0.39, 0.29) is 0 Å². The summed E-state index contributed by atoms with van der Waals surface area (Å²) in [5, 5.41) is 2.12. The molecule has 1 fully saturated rings. The van der Waals surface area contributed by atoms with Crippen LogP contribution in [-0.4, -0.2) is 49.8 Å². The van der Waals surface area contributed by atoms with Crippen molar-refractivity contribution in [2.75, 3.05) is 19.6 Å². The van der Waals surface area contributed by atoms with Crippen LogP contribution in [0.5, 0.6) is 0 Å². The van der Waals surface area contributed by atoms with Crippen molar-refractivity contribution in [1.82, 2.24) is 24.2 Å². The van der Waals surface area contributed by atoms with E-state index in [1.165, 1.54) is 25.1 Å². The summed E-state index contributed by atoms with van der Waals surface area (Å²) in [5.74, 6) is 0. The van der Waals surface area contributed by atoms with Crippen molar-refractivity contribution in [2.24, 2.45) is 0 Å². The topological polar surface area (TPSA) is 36.7 Å². The number of imidazole rings is 1. The molecule has 4 heterocycles. The number of likely N-dealkylation sites (tertiary alicyclic amines) is 1. The highest BCUT2D eigenvalue weighted by molar-refractivity contribution is 7.15. The molecule has 1 aliphatic heterocycles.